The molecule has 0 saturated carbocycles. The summed E-state index contributed by atoms with van der Waals surface area (Å²) in [4.78, 5) is 13.9. The minimum Gasteiger partial charge on any atom is -0.346 e. The van der Waals surface area contributed by atoms with Crippen molar-refractivity contribution < 1.29 is 4.79 Å². The zero-order valence-corrected chi connectivity index (χ0v) is 13.9. The number of carbonyl (C=O) groups excluding carboxylic acids is 1. The molecule has 118 valence electrons. The average molecular weight is 319 g/mol. The van der Waals surface area contributed by atoms with E-state index >= 15 is 0 Å². The number of nitrogens with one attached hydrogen (secondary N) is 1. The van der Waals surface area contributed by atoms with Crippen LogP contribution in [-0.4, -0.2) is 37.5 Å². The molecule has 1 aliphatic rings. The molecule has 1 aromatic rings. The number of rotatable bonds is 5. The summed E-state index contributed by atoms with van der Waals surface area (Å²) in [6.07, 6.45) is 8.78. The molecule has 0 bridgehead atoms. The molecule has 1 N–H and O–H groups in total. The molecule has 4 heteroatoms. The zero-order chi connectivity index (χ0) is 15.9. The van der Waals surface area contributed by atoms with E-state index in [2.05, 4.69) is 11.4 Å². The van der Waals surface area contributed by atoms with Gasteiger partial charge in [0.1, 0.15) is 0 Å². The summed E-state index contributed by atoms with van der Waals surface area (Å²) in [6.45, 7) is 0.768. The van der Waals surface area contributed by atoms with Gasteiger partial charge in [0.2, 0.25) is 5.91 Å². The van der Waals surface area contributed by atoms with E-state index in [9.17, 15) is 4.79 Å². The minimum atomic E-state index is -0.0274. The van der Waals surface area contributed by atoms with Crippen LogP contribution in [0, 0.1) is 0 Å². The molecule has 1 atom stereocenters. The molecule has 0 saturated heterocycles. The molecule has 0 spiro atoms. The predicted molar refractivity (Wildman–Crippen MR) is 92.9 cm³/mol. The summed E-state index contributed by atoms with van der Waals surface area (Å²) >= 11 is 5.93. The van der Waals surface area contributed by atoms with Gasteiger partial charge in [0.25, 0.3) is 0 Å². The second kappa shape index (κ2) is 8.16. The normalized spacial score (nSPS) is 18.5. The van der Waals surface area contributed by atoms with E-state index in [-0.39, 0.29) is 11.9 Å². The van der Waals surface area contributed by atoms with Crippen molar-refractivity contribution in [2.24, 2.45) is 0 Å². The topological polar surface area (TPSA) is 32.3 Å². The van der Waals surface area contributed by atoms with Crippen molar-refractivity contribution in [3.63, 3.8) is 0 Å². The van der Waals surface area contributed by atoms with Crippen LogP contribution in [0.5, 0.6) is 0 Å². The van der Waals surface area contributed by atoms with Crippen LogP contribution in [0.1, 0.15) is 24.8 Å². The predicted octanol–water partition coefficient (Wildman–Crippen LogP) is 3.51. The number of benzene rings is 1. The highest BCUT2D eigenvalue weighted by molar-refractivity contribution is 6.30. The Balaban J connectivity index is 1.97. The first-order valence-corrected chi connectivity index (χ1v) is 8.01. The van der Waals surface area contributed by atoms with Crippen LogP contribution in [0.2, 0.25) is 5.02 Å². The lowest BCUT2D eigenvalue weighted by Gasteiger charge is -2.22. The number of hydrogen-bond acceptors (Lipinski definition) is 2. The fraction of sp³-hybridized carbons (Fsp3) is 0.389. The molecule has 0 heterocycles. The monoisotopic (exact) mass is 318 g/mol. The van der Waals surface area contributed by atoms with Gasteiger partial charge in [-0.15, -0.1) is 0 Å². The maximum absolute atomic E-state index is 11.9. The van der Waals surface area contributed by atoms with Crippen molar-refractivity contribution in [2.75, 3.05) is 20.6 Å². The van der Waals surface area contributed by atoms with E-state index in [1.54, 1.807) is 6.08 Å². The molecule has 3 nitrogen and oxygen atoms in total. The first kappa shape index (κ1) is 16.8. The molecule has 1 aliphatic carbocycles. The van der Waals surface area contributed by atoms with E-state index in [4.69, 9.17) is 11.6 Å². The lowest BCUT2D eigenvalue weighted by atomic mass is 9.91. The minimum absolute atomic E-state index is 0.0274. The third-order valence-corrected chi connectivity index (χ3v) is 3.90. The molecule has 0 aliphatic heterocycles. The average Bonchev–Trinajstić information content (AvgIpc) is 2.48. The van der Waals surface area contributed by atoms with Crippen molar-refractivity contribution >= 4 is 23.1 Å². The smallest absolute Gasteiger partial charge is 0.244 e. The maximum Gasteiger partial charge on any atom is 0.244 e. The third kappa shape index (κ3) is 5.32. The molecular weight excluding hydrogens is 296 g/mol. The summed E-state index contributed by atoms with van der Waals surface area (Å²) in [6, 6.07) is 7.99. The van der Waals surface area contributed by atoms with Crippen molar-refractivity contribution in [1.82, 2.24) is 10.2 Å². The van der Waals surface area contributed by atoms with Gasteiger partial charge in [0, 0.05) is 23.7 Å². The van der Waals surface area contributed by atoms with Crippen molar-refractivity contribution in [1.29, 1.82) is 0 Å². The Hall–Kier alpha value is -1.58. The molecule has 1 unspecified atom stereocenters. The van der Waals surface area contributed by atoms with E-state index in [1.807, 2.05) is 49.3 Å². The standard InChI is InChI=1S/C18H23ClN2O/c1-21(2)12-4-7-18(22)20-17-6-3-5-15(13-17)14-8-10-16(19)11-9-14/h4,7-11,13,17H,3,5-6,12H2,1-2H3,(H,20,22)/b7-4+. The van der Waals surface area contributed by atoms with E-state index in [0.717, 1.165) is 30.8 Å². The Bertz CT molecular complexity index is 561. The lowest BCUT2D eigenvalue weighted by molar-refractivity contribution is -0.116. The largest absolute Gasteiger partial charge is 0.346 e. The highest BCUT2D eigenvalue weighted by atomic mass is 35.5. The highest BCUT2D eigenvalue weighted by Gasteiger charge is 2.15. The quantitative estimate of drug-likeness (QED) is 0.843. The number of hydrogen-bond donors (Lipinski definition) is 1. The number of amides is 1. The first-order chi connectivity index (χ1) is 10.5. The third-order valence-electron chi connectivity index (χ3n) is 3.65. The van der Waals surface area contributed by atoms with Crippen molar-refractivity contribution in [3.8, 4) is 0 Å². The van der Waals surface area contributed by atoms with Gasteiger partial charge in [-0.2, -0.15) is 0 Å². The fourth-order valence-corrected chi connectivity index (χ4v) is 2.67. The second-order valence-electron chi connectivity index (χ2n) is 5.87. The van der Waals surface area contributed by atoms with E-state index in [1.165, 1.54) is 11.1 Å². The molecule has 0 fully saturated rings. The summed E-state index contributed by atoms with van der Waals surface area (Å²) in [5.74, 6) is -0.0274. The number of likely N-dealkylation sites (N-methyl/N-ethyl adjacent to an activating group) is 1. The number of nitrogens with zero attached hydrogens (tertiary/aromatic N) is 1. The Morgan fingerprint density at radius 2 is 2.09 bits per heavy atom. The molecule has 0 radical (unpaired) electrons. The number of halogens is 1. The number of allylic oxidation sites excluding steroid dienone is 1. The maximum atomic E-state index is 11.9. The molecule has 1 aromatic carbocycles. The van der Waals surface area contributed by atoms with E-state index in [0.29, 0.717) is 0 Å². The van der Waals surface area contributed by atoms with Gasteiger partial charge in [0.15, 0.2) is 0 Å². The van der Waals surface area contributed by atoms with Crippen LogP contribution in [0.3, 0.4) is 0 Å². The molecule has 2 rings (SSSR count). The molecule has 0 aromatic heterocycles. The van der Waals surface area contributed by atoms with Crippen molar-refractivity contribution in [3.05, 3.63) is 53.1 Å². The molecular formula is C18H23ClN2O. The molecule has 1 amide bonds. The summed E-state index contributed by atoms with van der Waals surface area (Å²) in [5, 5.41) is 3.80. The Morgan fingerprint density at radius 1 is 1.36 bits per heavy atom. The van der Waals surface area contributed by atoms with Gasteiger partial charge in [-0.3, -0.25) is 4.79 Å². The van der Waals surface area contributed by atoms with Gasteiger partial charge >= 0.3 is 0 Å². The SMILES string of the molecule is CN(C)C/C=C/C(=O)NC1C=C(c2ccc(Cl)cc2)CCC1. The van der Waals surface area contributed by atoms with Crippen LogP contribution < -0.4 is 5.32 Å². The Morgan fingerprint density at radius 3 is 2.77 bits per heavy atom. The zero-order valence-electron chi connectivity index (χ0n) is 13.2. The second-order valence-corrected chi connectivity index (χ2v) is 6.31. The summed E-state index contributed by atoms with van der Waals surface area (Å²) in [7, 11) is 3.95. The van der Waals surface area contributed by atoms with Gasteiger partial charge in [-0.1, -0.05) is 35.9 Å². The lowest BCUT2D eigenvalue weighted by Crippen LogP contribution is -2.33. The van der Waals surface area contributed by atoms with Crippen LogP contribution in [0.15, 0.2) is 42.5 Å². The molecule has 22 heavy (non-hydrogen) atoms. The Kier molecular flexibility index (Phi) is 6.22. The van der Waals surface area contributed by atoms with E-state index < -0.39 is 0 Å². The van der Waals surface area contributed by atoms with Crippen LogP contribution in [0.4, 0.5) is 0 Å². The van der Waals surface area contributed by atoms with Crippen molar-refractivity contribution in [2.45, 2.75) is 25.3 Å². The fourth-order valence-electron chi connectivity index (χ4n) is 2.54. The van der Waals surface area contributed by atoms with Crippen LogP contribution in [-0.2, 0) is 4.79 Å². The van der Waals surface area contributed by atoms with Crippen LogP contribution in [0.25, 0.3) is 5.57 Å². The van der Waals surface area contributed by atoms with Gasteiger partial charge < -0.3 is 10.2 Å². The summed E-state index contributed by atoms with van der Waals surface area (Å²) in [5.41, 5.74) is 2.47. The Labute approximate surface area is 137 Å². The first-order valence-electron chi connectivity index (χ1n) is 7.63. The van der Waals surface area contributed by atoms with Gasteiger partial charge in [-0.05, 0) is 56.6 Å². The summed E-state index contributed by atoms with van der Waals surface area (Å²) < 4.78 is 0. The number of carbonyl (C=O) groups is 1. The van der Waals surface area contributed by atoms with Gasteiger partial charge in [-0.25, -0.2) is 0 Å². The highest BCUT2D eigenvalue weighted by Crippen LogP contribution is 2.27. The van der Waals surface area contributed by atoms with Crippen LogP contribution >= 0.6 is 11.6 Å². The van der Waals surface area contributed by atoms with Gasteiger partial charge in [0.05, 0.1) is 0 Å².